The molecule has 3 heterocycles. The Kier molecular flexibility index (Phi) is 8.26. The van der Waals surface area contributed by atoms with Crippen LogP contribution in [0, 0.1) is 0 Å². The van der Waals surface area contributed by atoms with E-state index in [2.05, 4.69) is 9.88 Å². The van der Waals surface area contributed by atoms with Crippen molar-refractivity contribution < 1.29 is 37.3 Å². The van der Waals surface area contributed by atoms with Gasteiger partial charge < -0.3 is 23.9 Å². The number of halogens is 3. The summed E-state index contributed by atoms with van der Waals surface area (Å²) < 4.78 is 57.4. The van der Waals surface area contributed by atoms with Crippen LogP contribution in [-0.2, 0) is 26.4 Å². The number of aromatic nitrogens is 3. The number of fused-ring (bicyclic) bond motifs is 1. The molecule has 12 heteroatoms. The summed E-state index contributed by atoms with van der Waals surface area (Å²) in [5.41, 5.74) is 2.09. The van der Waals surface area contributed by atoms with Crippen LogP contribution in [0.5, 0.6) is 17.4 Å². The van der Waals surface area contributed by atoms with E-state index >= 15 is 0 Å². The molecule has 1 aliphatic heterocycles. The minimum absolute atomic E-state index is 0.0208. The molecule has 0 radical (unpaired) electrons. The number of carbonyl (C=O) groups is 1. The average Bonchev–Trinajstić information content (AvgIpc) is 3.30. The molecule has 0 atom stereocenters. The van der Waals surface area contributed by atoms with Crippen LogP contribution in [0.1, 0.15) is 51.8 Å². The first-order valence-corrected chi connectivity index (χ1v) is 13.4. The Morgan fingerprint density at radius 3 is 2.43 bits per heavy atom. The normalized spacial score (nSPS) is 14.7. The highest BCUT2D eigenvalue weighted by Gasteiger charge is 2.31. The molecule has 9 nitrogen and oxygen atoms in total. The standard InChI is InChI=1S/C30H31F3N4O5/c1-36-23-13-20(29(38)39)14-25(41-3)28(23)35-26(36)16-37-11-9-18(10-12-37)22-5-4-6-27(34-22)42-17-19-7-8-21(30(31,32)33)15-24(19)40-2/h4-8,13-15,18H,9-12,16-17H2,1-3H3,(H,38,39). The van der Waals surface area contributed by atoms with Gasteiger partial charge in [-0.2, -0.15) is 13.2 Å². The molecule has 4 aromatic rings. The highest BCUT2D eigenvalue weighted by molar-refractivity contribution is 5.95. The van der Waals surface area contributed by atoms with Crippen molar-refractivity contribution in [2.75, 3.05) is 27.3 Å². The minimum Gasteiger partial charge on any atom is -0.496 e. The van der Waals surface area contributed by atoms with Gasteiger partial charge in [-0.15, -0.1) is 0 Å². The third-order valence-electron chi connectivity index (χ3n) is 7.62. The fourth-order valence-corrected chi connectivity index (χ4v) is 5.24. The number of hydrogen-bond acceptors (Lipinski definition) is 7. The second-order valence-electron chi connectivity index (χ2n) is 10.2. The first kappa shape index (κ1) is 29.2. The molecule has 0 saturated carbocycles. The second kappa shape index (κ2) is 11.9. The van der Waals surface area contributed by atoms with Crippen molar-refractivity contribution in [1.29, 1.82) is 0 Å². The van der Waals surface area contributed by atoms with Gasteiger partial charge in [-0.25, -0.2) is 14.8 Å². The lowest BCUT2D eigenvalue weighted by Crippen LogP contribution is -2.33. The Balaban J connectivity index is 1.22. The maximum atomic E-state index is 13.0. The quantitative estimate of drug-likeness (QED) is 0.269. The van der Waals surface area contributed by atoms with Crippen molar-refractivity contribution in [2.24, 2.45) is 7.05 Å². The van der Waals surface area contributed by atoms with E-state index in [-0.39, 0.29) is 23.8 Å². The molecule has 1 saturated heterocycles. The molecule has 2 aromatic carbocycles. The van der Waals surface area contributed by atoms with E-state index in [9.17, 15) is 23.1 Å². The van der Waals surface area contributed by atoms with Crippen molar-refractivity contribution >= 4 is 17.0 Å². The Morgan fingerprint density at radius 1 is 1.02 bits per heavy atom. The van der Waals surface area contributed by atoms with Crippen LogP contribution in [0.4, 0.5) is 13.2 Å². The van der Waals surface area contributed by atoms with Crippen LogP contribution in [0.25, 0.3) is 11.0 Å². The van der Waals surface area contributed by atoms with Crippen molar-refractivity contribution in [2.45, 2.75) is 38.1 Å². The van der Waals surface area contributed by atoms with Gasteiger partial charge in [0, 0.05) is 30.3 Å². The summed E-state index contributed by atoms with van der Waals surface area (Å²) in [5.74, 6) is 0.944. The number of carboxylic acids is 1. The lowest BCUT2D eigenvalue weighted by atomic mass is 9.93. The molecule has 2 aromatic heterocycles. The third kappa shape index (κ3) is 6.13. The van der Waals surface area contributed by atoms with Crippen LogP contribution >= 0.6 is 0 Å². The molecule has 42 heavy (non-hydrogen) atoms. The molecule has 0 unspecified atom stereocenters. The number of imidazole rings is 1. The zero-order valence-electron chi connectivity index (χ0n) is 23.4. The van der Waals surface area contributed by atoms with E-state index in [1.807, 2.05) is 23.7 Å². The fraction of sp³-hybridized carbons (Fsp3) is 0.367. The number of aryl methyl sites for hydroxylation is 1. The second-order valence-corrected chi connectivity index (χ2v) is 10.2. The molecule has 222 valence electrons. The molecule has 1 aliphatic rings. The molecule has 0 bridgehead atoms. The summed E-state index contributed by atoms with van der Waals surface area (Å²) >= 11 is 0. The molecular weight excluding hydrogens is 553 g/mol. The number of benzene rings is 2. The largest absolute Gasteiger partial charge is 0.496 e. The summed E-state index contributed by atoms with van der Waals surface area (Å²) in [6.07, 6.45) is -2.71. The van der Waals surface area contributed by atoms with E-state index in [0.29, 0.717) is 34.8 Å². The zero-order chi connectivity index (χ0) is 30.0. The molecule has 0 spiro atoms. The van der Waals surface area contributed by atoms with Crippen LogP contribution < -0.4 is 14.2 Å². The van der Waals surface area contributed by atoms with E-state index in [4.69, 9.17) is 19.2 Å². The van der Waals surface area contributed by atoms with E-state index in [1.54, 1.807) is 12.1 Å². The maximum Gasteiger partial charge on any atom is 0.416 e. The number of rotatable bonds is 9. The highest BCUT2D eigenvalue weighted by atomic mass is 19.4. The van der Waals surface area contributed by atoms with Gasteiger partial charge in [0.25, 0.3) is 0 Å². The lowest BCUT2D eigenvalue weighted by molar-refractivity contribution is -0.137. The number of carboxylic acid groups (broad SMARTS) is 1. The first-order chi connectivity index (χ1) is 20.1. The van der Waals surface area contributed by atoms with Gasteiger partial charge >= 0.3 is 12.1 Å². The number of piperidine rings is 1. The monoisotopic (exact) mass is 584 g/mol. The summed E-state index contributed by atoms with van der Waals surface area (Å²) in [4.78, 5) is 23.3. The predicted octanol–water partition coefficient (Wildman–Crippen LogP) is 5.66. The fourth-order valence-electron chi connectivity index (χ4n) is 5.24. The number of aromatic carboxylic acids is 1. The van der Waals surface area contributed by atoms with E-state index in [0.717, 1.165) is 49.6 Å². The van der Waals surface area contributed by atoms with Crippen LogP contribution in [0.15, 0.2) is 48.5 Å². The molecular formula is C30H31F3N4O5. The van der Waals surface area contributed by atoms with Crippen molar-refractivity contribution in [1.82, 2.24) is 19.4 Å². The highest BCUT2D eigenvalue weighted by Crippen LogP contribution is 2.34. The van der Waals surface area contributed by atoms with Crippen molar-refractivity contribution in [3.05, 3.63) is 76.7 Å². The third-order valence-corrected chi connectivity index (χ3v) is 7.62. The number of methoxy groups -OCH3 is 2. The van der Waals surface area contributed by atoms with Gasteiger partial charge in [0.1, 0.15) is 29.4 Å². The molecule has 1 fully saturated rings. The minimum atomic E-state index is -4.46. The summed E-state index contributed by atoms with van der Waals surface area (Å²) in [6.45, 7) is 2.27. The summed E-state index contributed by atoms with van der Waals surface area (Å²) in [6, 6.07) is 12.0. The number of ether oxygens (including phenoxy) is 3. The zero-order valence-corrected chi connectivity index (χ0v) is 23.4. The molecule has 1 N–H and O–H groups in total. The number of likely N-dealkylation sites (tertiary alicyclic amines) is 1. The van der Waals surface area contributed by atoms with Crippen LogP contribution in [-0.4, -0.2) is 57.8 Å². The first-order valence-electron chi connectivity index (χ1n) is 13.4. The summed E-state index contributed by atoms with van der Waals surface area (Å²) in [5, 5.41) is 9.45. The van der Waals surface area contributed by atoms with Gasteiger partial charge in [0.15, 0.2) is 0 Å². The van der Waals surface area contributed by atoms with Gasteiger partial charge in [0.2, 0.25) is 5.88 Å². The topological polar surface area (TPSA) is 98.9 Å². The Labute approximate surface area is 240 Å². The lowest BCUT2D eigenvalue weighted by Gasteiger charge is -2.31. The Hall–Kier alpha value is -4.32. The van der Waals surface area contributed by atoms with Gasteiger partial charge in [-0.05, 0) is 56.3 Å². The predicted molar refractivity (Wildman–Crippen MR) is 148 cm³/mol. The number of nitrogens with zero attached hydrogens (tertiary/aromatic N) is 4. The van der Waals surface area contributed by atoms with E-state index < -0.39 is 17.7 Å². The number of alkyl halides is 3. The Bertz CT molecular complexity index is 1600. The Morgan fingerprint density at radius 2 is 1.76 bits per heavy atom. The van der Waals surface area contributed by atoms with E-state index in [1.165, 1.54) is 26.4 Å². The van der Waals surface area contributed by atoms with Gasteiger partial charge in [0.05, 0.1) is 37.4 Å². The molecule has 5 rings (SSSR count). The maximum absolute atomic E-state index is 13.0. The van der Waals surface area contributed by atoms with Crippen LogP contribution in [0.3, 0.4) is 0 Å². The van der Waals surface area contributed by atoms with Gasteiger partial charge in [-0.3, -0.25) is 4.90 Å². The number of hydrogen-bond donors (Lipinski definition) is 1. The number of pyridine rings is 1. The van der Waals surface area contributed by atoms with Gasteiger partial charge in [-0.1, -0.05) is 12.1 Å². The summed E-state index contributed by atoms with van der Waals surface area (Å²) in [7, 11) is 4.70. The molecule has 0 amide bonds. The SMILES string of the molecule is COc1cc(C(F)(F)F)ccc1COc1cccc(C2CCN(Cc3nc4c(OC)cc(C(=O)O)cc4n3C)CC2)n1. The van der Waals surface area contributed by atoms with Crippen LogP contribution in [0.2, 0.25) is 0 Å². The smallest absolute Gasteiger partial charge is 0.416 e. The molecule has 0 aliphatic carbocycles. The van der Waals surface area contributed by atoms with Crippen molar-refractivity contribution in [3.63, 3.8) is 0 Å². The average molecular weight is 585 g/mol. The van der Waals surface area contributed by atoms with Crippen molar-refractivity contribution in [3.8, 4) is 17.4 Å².